The largest absolute Gasteiger partial charge is 0.370 e. The van der Waals surface area contributed by atoms with Crippen LogP contribution < -0.4 is 16.0 Å². The number of rotatable bonds is 2. The fraction of sp³-hybridized carbons (Fsp3) is 0.533. The van der Waals surface area contributed by atoms with Crippen LogP contribution in [-0.2, 0) is 10.0 Å². The number of anilines is 2. The summed E-state index contributed by atoms with van der Waals surface area (Å²) in [6, 6.07) is 2.59. The molecule has 3 aliphatic rings. The number of piperidine rings is 1. The van der Waals surface area contributed by atoms with Crippen molar-refractivity contribution < 1.29 is 12.8 Å². The second-order valence-corrected chi connectivity index (χ2v) is 8.05. The Morgan fingerprint density at radius 1 is 1.22 bits per heavy atom. The molecule has 1 aromatic rings. The molecule has 0 spiro atoms. The molecule has 1 saturated heterocycles. The Balaban J connectivity index is 1.79. The van der Waals surface area contributed by atoms with E-state index < -0.39 is 15.8 Å². The van der Waals surface area contributed by atoms with Crippen molar-refractivity contribution in [2.75, 3.05) is 23.3 Å². The van der Waals surface area contributed by atoms with Gasteiger partial charge < -0.3 is 16.0 Å². The Morgan fingerprint density at radius 3 is 2.57 bits per heavy atom. The summed E-state index contributed by atoms with van der Waals surface area (Å²) in [7, 11) is -3.86. The summed E-state index contributed by atoms with van der Waals surface area (Å²) in [5.74, 6) is 0.0914. The number of benzene rings is 1. The van der Waals surface area contributed by atoms with E-state index in [0.29, 0.717) is 30.3 Å². The van der Waals surface area contributed by atoms with Crippen LogP contribution in [0.5, 0.6) is 0 Å². The number of halogens is 1. The van der Waals surface area contributed by atoms with Gasteiger partial charge in [0.1, 0.15) is 16.5 Å². The van der Waals surface area contributed by atoms with Gasteiger partial charge in [-0.3, -0.25) is 0 Å². The number of hydrogen-bond donors (Lipinski definition) is 2. The molecule has 6 nitrogen and oxygen atoms in total. The summed E-state index contributed by atoms with van der Waals surface area (Å²) in [6.07, 6.45) is 3.49. The molecular formula is C15H19FN4O2S. The monoisotopic (exact) mass is 338 g/mol. The SMILES string of the molecule is NC1CCN(c2cc(F)cc3c2NC(C2CC2)=NS3(=O)=O)CC1. The first-order chi connectivity index (χ1) is 10.9. The number of amidine groups is 1. The standard InChI is InChI=1S/C15H19FN4O2S/c16-10-7-12(20-5-3-11(17)4-6-20)14-13(8-10)23(21,22)19-15(18-14)9-1-2-9/h7-9,11H,1-6,17H2,(H,18,19). The number of fused-ring (bicyclic) bond motifs is 1. The van der Waals surface area contributed by atoms with Crippen molar-refractivity contribution in [2.45, 2.75) is 36.6 Å². The smallest absolute Gasteiger partial charge is 0.286 e. The van der Waals surface area contributed by atoms with E-state index in [1.54, 1.807) is 0 Å². The third-order valence-corrected chi connectivity index (χ3v) is 5.95. The molecule has 2 fully saturated rings. The first-order valence-electron chi connectivity index (χ1n) is 7.90. The summed E-state index contributed by atoms with van der Waals surface area (Å²) >= 11 is 0. The van der Waals surface area contributed by atoms with Crippen LogP contribution in [0.2, 0.25) is 0 Å². The van der Waals surface area contributed by atoms with Gasteiger partial charge in [-0.2, -0.15) is 8.42 Å². The highest BCUT2D eigenvalue weighted by atomic mass is 32.2. The average Bonchev–Trinajstić information content (AvgIpc) is 3.32. The van der Waals surface area contributed by atoms with Gasteiger partial charge in [0.15, 0.2) is 0 Å². The van der Waals surface area contributed by atoms with E-state index >= 15 is 0 Å². The maximum Gasteiger partial charge on any atom is 0.286 e. The Morgan fingerprint density at radius 2 is 1.91 bits per heavy atom. The van der Waals surface area contributed by atoms with E-state index in [-0.39, 0.29) is 16.9 Å². The molecule has 23 heavy (non-hydrogen) atoms. The fourth-order valence-electron chi connectivity index (χ4n) is 3.15. The van der Waals surface area contributed by atoms with Gasteiger partial charge >= 0.3 is 0 Å². The predicted octanol–water partition coefficient (Wildman–Crippen LogP) is 1.68. The molecule has 0 bridgehead atoms. The highest BCUT2D eigenvalue weighted by Crippen LogP contribution is 2.41. The first-order valence-corrected chi connectivity index (χ1v) is 9.34. The van der Waals surface area contributed by atoms with E-state index in [9.17, 15) is 12.8 Å². The highest BCUT2D eigenvalue weighted by molar-refractivity contribution is 7.90. The average molecular weight is 338 g/mol. The first kappa shape index (κ1) is 14.9. The van der Waals surface area contributed by atoms with Crippen molar-refractivity contribution in [1.29, 1.82) is 0 Å². The van der Waals surface area contributed by atoms with Crippen LogP contribution in [0.4, 0.5) is 15.8 Å². The minimum absolute atomic E-state index is 0.0771. The molecule has 124 valence electrons. The van der Waals surface area contributed by atoms with Crippen LogP contribution in [0.1, 0.15) is 25.7 Å². The summed E-state index contributed by atoms with van der Waals surface area (Å²) in [6.45, 7) is 1.38. The molecular weight excluding hydrogens is 319 g/mol. The molecule has 0 amide bonds. The van der Waals surface area contributed by atoms with Crippen LogP contribution in [-0.4, -0.2) is 33.4 Å². The van der Waals surface area contributed by atoms with Gasteiger partial charge in [-0.15, -0.1) is 4.40 Å². The van der Waals surface area contributed by atoms with Gasteiger partial charge in [0.05, 0.1) is 11.4 Å². The molecule has 4 rings (SSSR count). The highest BCUT2D eigenvalue weighted by Gasteiger charge is 2.36. The topological polar surface area (TPSA) is 87.8 Å². The Bertz CT molecular complexity index is 781. The molecule has 1 aromatic carbocycles. The van der Waals surface area contributed by atoms with E-state index in [4.69, 9.17) is 5.73 Å². The lowest BCUT2D eigenvalue weighted by Crippen LogP contribution is -2.40. The Hall–Kier alpha value is -1.67. The molecule has 0 unspecified atom stereocenters. The van der Waals surface area contributed by atoms with Gasteiger partial charge in [-0.05, 0) is 37.8 Å². The molecule has 3 N–H and O–H groups in total. The number of sulfonamides is 1. The zero-order valence-corrected chi connectivity index (χ0v) is 13.4. The number of nitrogens with two attached hydrogens (primary N) is 1. The Kier molecular flexibility index (Phi) is 3.35. The maximum absolute atomic E-state index is 14.0. The normalized spacial score (nSPS) is 23.9. The number of nitrogens with one attached hydrogen (secondary N) is 1. The molecule has 0 aromatic heterocycles. The molecule has 0 radical (unpaired) electrons. The van der Waals surface area contributed by atoms with E-state index in [2.05, 4.69) is 9.71 Å². The van der Waals surface area contributed by atoms with Crippen LogP contribution in [0.3, 0.4) is 0 Å². The molecule has 2 heterocycles. The second kappa shape index (κ2) is 5.17. The summed E-state index contributed by atoms with van der Waals surface area (Å²) in [4.78, 5) is 1.93. The minimum Gasteiger partial charge on any atom is -0.370 e. The zero-order chi connectivity index (χ0) is 16.2. The third-order valence-electron chi connectivity index (χ3n) is 4.64. The molecule has 1 aliphatic carbocycles. The zero-order valence-electron chi connectivity index (χ0n) is 12.6. The van der Waals surface area contributed by atoms with Crippen molar-refractivity contribution in [3.8, 4) is 0 Å². The lowest BCUT2D eigenvalue weighted by atomic mass is 10.0. The third kappa shape index (κ3) is 2.70. The lowest BCUT2D eigenvalue weighted by Gasteiger charge is -2.34. The van der Waals surface area contributed by atoms with Crippen molar-refractivity contribution >= 4 is 27.2 Å². The van der Waals surface area contributed by atoms with E-state index in [1.807, 2.05) is 4.90 Å². The molecule has 0 atom stereocenters. The maximum atomic E-state index is 14.0. The van der Waals surface area contributed by atoms with Crippen molar-refractivity contribution in [2.24, 2.45) is 16.0 Å². The summed E-state index contributed by atoms with van der Waals surface area (Å²) < 4.78 is 42.7. The van der Waals surface area contributed by atoms with Gasteiger partial charge in [0.25, 0.3) is 10.0 Å². The van der Waals surface area contributed by atoms with Gasteiger partial charge in [0.2, 0.25) is 0 Å². The van der Waals surface area contributed by atoms with Crippen LogP contribution >= 0.6 is 0 Å². The van der Waals surface area contributed by atoms with Crippen LogP contribution in [0, 0.1) is 11.7 Å². The van der Waals surface area contributed by atoms with Gasteiger partial charge in [0, 0.05) is 25.0 Å². The van der Waals surface area contributed by atoms with Crippen molar-refractivity contribution in [3.05, 3.63) is 17.9 Å². The lowest BCUT2D eigenvalue weighted by molar-refractivity contribution is 0.500. The summed E-state index contributed by atoms with van der Waals surface area (Å²) in [5.41, 5.74) is 6.97. The second-order valence-electron chi connectivity index (χ2n) is 6.47. The summed E-state index contributed by atoms with van der Waals surface area (Å²) in [5, 5.41) is 3.15. The minimum atomic E-state index is -3.86. The molecule has 1 saturated carbocycles. The fourth-order valence-corrected chi connectivity index (χ4v) is 4.38. The molecule has 8 heteroatoms. The predicted molar refractivity (Wildman–Crippen MR) is 86.8 cm³/mol. The van der Waals surface area contributed by atoms with Crippen molar-refractivity contribution in [1.82, 2.24) is 0 Å². The van der Waals surface area contributed by atoms with Crippen LogP contribution in [0.15, 0.2) is 21.4 Å². The van der Waals surface area contributed by atoms with Crippen molar-refractivity contribution in [3.63, 3.8) is 0 Å². The number of hydrogen-bond acceptors (Lipinski definition) is 5. The van der Waals surface area contributed by atoms with E-state index in [0.717, 1.165) is 31.7 Å². The van der Waals surface area contributed by atoms with Gasteiger partial charge in [-0.25, -0.2) is 4.39 Å². The van der Waals surface area contributed by atoms with Crippen LogP contribution in [0.25, 0.3) is 0 Å². The van der Waals surface area contributed by atoms with Gasteiger partial charge in [-0.1, -0.05) is 0 Å². The van der Waals surface area contributed by atoms with E-state index in [1.165, 1.54) is 6.07 Å². The molecule has 2 aliphatic heterocycles. The quantitative estimate of drug-likeness (QED) is 0.856. The number of nitrogens with zero attached hydrogens (tertiary/aromatic N) is 2. The Labute approximate surface area is 134 Å².